The monoisotopic (exact) mass is 360 g/mol. The second-order valence-corrected chi connectivity index (χ2v) is 9.01. The van der Waals surface area contributed by atoms with E-state index in [1.165, 1.54) is 24.3 Å². The molecule has 23 heavy (non-hydrogen) atoms. The van der Waals surface area contributed by atoms with E-state index < -0.39 is 10.1 Å². The first-order valence-electron chi connectivity index (χ1n) is 7.47. The average molecular weight is 360 g/mol. The van der Waals surface area contributed by atoms with Crippen molar-refractivity contribution in [3.8, 4) is 5.75 Å². The molecule has 1 aromatic rings. The molecule has 8 heteroatoms. The highest BCUT2D eigenvalue weighted by molar-refractivity contribution is 8.00. The van der Waals surface area contributed by atoms with E-state index in [1.807, 2.05) is 11.8 Å². The molecule has 0 aromatic heterocycles. The van der Waals surface area contributed by atoms with Crippen molar-refractivity contribution in [3.05, 3.63) is 24.3 Å². The Morgan fingerprint density at radius 1 is 1.22 bits per heavy atom. The van der Waals surface area contributed by atoms with Crippen LogP contribution in [0.1, 0.15) is 13.8 Å². The van der Waals surface area contributed by atoms with Crippen molar-refractivity contribution in [1.82, 2.24) is 0 Å². The highest BCUT2D eigenvalue weighted by atomic mass is 32.2. The molecule has 2 aliphatic heterocycles. The Bertz CT molecular complexity index is 644. The minimum Gasteiger partial charge on any atom is -0.491 e. The van der Waals surface area contributed by atoms with Crippen LogP contribution in [0.15, 0.2) is 29.2 Å². The zero-order chi connectivity index (χ0) is 16.6. The maximum absolute atomic E-state index is 11.0. The van der Waals surface area contributed by atoms with Crippen molar-refractivity contribution in [2.45, 2.75) is 47.6 Å². The van der Waals surface area contributed by atoms with Crippen LogP contribution in [0.25, 0.3) is 0 Å². The number of hydrogen-bond donors (Lipinski definition) is 1. The summed E-state index contributed by atoms with van der Waals surface area (Å²) in [4.78, 5) is -0.157. The van der Waals surface area contributed by atoms with Crippen LogP contribution in [-0.4, -0.2) is 55.0 Å². The van der Waals surface area contributed by atoms with Gasteiger partial charge < -0.3 is 14.2 Å². The summed E-state index contributed by atoms with van der Waals surface area (Å²) in [5.74, 6) is 0.519. The van der Waals surface area contributed by atoms with Gasteiger partial charge in [-0.1, -0.05) is 13.8 Å². The van der Waals surface area contributed by atoms with Crippen LogP contribution in [0.2, 0.25) is 0 Å². The SMILES string of the molecule is CC1SC(C)C2OC(COc3ccc(S(=O)(=O)O)cc3)COC12. The molecule has 6 nitrogen and oxygen atoms in total. The van der Waals surface area contributed by atoms with Gasteiger partial charge in [0.25, 0.3) is 10.1 Å². The Balaban J connectivity index is 1.55. The van der Waals surface area contributed by atoms with E-state index in [0.29, 0.717) is 29.5 Å². The topological polar surface area (TPSA) is 82.1 Å². The van der Waals surface area contributed by atoms with Crippen molar-refractivity contribution in [2.24, 2.45) is 0 Å². The summed E-state index contributed by atoms with van der Waals surface area (Å²) >= 11 is 1.87. The molecule has 2 heterocycles. The highest BCUT2D eigenvalue weighted by Crippen LogP contribution is 2.40. The van der Waals surface area contributed by atoms with Gasteiger partial charge in [-0.15, -0.1) is 0 Å². The van der Waals surface area contributed by atoms with Crippen LogP contribution in [0, 0.1) is 0 Å². The smallest absolute Gasteiger partial charge is 0.294 e. The molecule has 1 N–H and O–H groups in total. The van der Waals surface area contributed by atoms with Gasteiger partial charge in [0.15, 0.2) is 0 Å². The van der Waals surface area contributed by atoms with Gasteiger partial charge in [-0.05, 0) is 24.3 Å². The fourth-order valence-corrected chi connectivity index (χ4v) is 4.83. The normalized spacial score (nSPS) is 34.1. The van der Waals surface area contributed by atoms with E-state index in [2.05, 4.69) is 13.8 Å². The minimum atomic E-state index is -4.18. The maximum atomic E-state index is 11.0. The van der Waals surface area contributed by atoms with Crippen LogP contribution < -0.4 is 4.74 Å². The van der Waals surface area contributed by atoms with E-state index in [0.717, 1.165) is 0 Å². The molecule has 0 bridgehead atoms. The lowest BCUT2D eigenvalue weighted by molar-refractivity contribution is -0.179. The summed E-state index contributed by atoms with van der Waals surface area (Å²) < 4.78 is 48.5. The first-order valence-corrected chi connectivity index (χ1v) is 9.86. The van der Waals surface area contributed by atoms with E-state index in [-0.39, 0.29) is 23.2 Å². The van der Waals surface area contributed by atoms with Gasteiger partial charge in [0.2, 0.25) is 0 Å². The quantitative estimate of drug-likeness (QED) is 0.822. The van der Waals surface area contributed by atoms with Gasteiger partial charge in [0, 0.05) is 10.5 Å². The molecular weight excluding hydrogens is 340 g/mol. The van der Waals surface area contributed by atoms with E-state index >= 15 is 0 Å². The minimum absolute atomic E-state index is 0.0826. The molecule has 2 fully saturated rings. The summed E-state index contributed by atoms with van der Waals surface area (Å²) in [5, 5.41) is 0.830. The lowest BCUT2D eigenvalue weighted by Gasteiger charge is -2.34. The summed E-state index contributed by atoms with van der Waals surface area (Å²) in [6, 6.07) is 5.62. The molecule has 3 rings (SSSR count). The molecule has 5 unspecified atom stereocenters. The van der Waals surface area contributed by atoms with Crippen molar-refractivity contribution in [2.75, 3.05) is 13.2 Å². The number of fused-ring (bicyclic) bond motifs is 1. The molecule has 2 saturated heterocycles. The first-order chi connectivity index (χ1) is 10.8. The molecule has 0 radical (unpaired) electrons. The second-order valence-electron chi connectivity index (χ2n) is 5.82. The Morgan fingerprint density at radius 2 is 1.87 bits per heavy atom. The molecule has 0 saturated carbocycles. The summed E-state index contributed by atoms with van der Waals surface area (Å²) in [6.07, 6.45) is 0.0744. The van der Waals surface area contributed by atoms with Crippen LogP contribution >= 0.6 is 11.8 Å². The third-order valence-electron chi connectivity index (χ3n) is 4.06. The number of hydrogen-bond acceptors (Lipinski definition) is 6. The second kappa shape index (κ2) is 6.60. The first kappa shape index (κ1) is 17.0. The zero-order valence-corrected chi connectivity index (χ0v) is 14.5. The van der Waals surface area contributed by atoms with Gasteiger partial charge in [-0.2, -0.15) is 20.2 Å². The Morgan fingerprint density at radius 3 is 2.52 bits per heavy atom. The zero-order valence-electron chi connectivity index (χ0n) is 12.9. The van der Waals surface area contributed by atoms with Crippen LogP contribution in [0.3, 0.4) is 0 Å². The Labute approximate surface area is 140 Å². The molecule has 2 aliphatic rings. The predicted octanol–water partition coefficient (Wildman–Crippen LogP) is 1.99. The molecular formula is C15H20O6S2. The van der Waals surface area contributed by atoms with Crippen molar-refractivity contribution >= 4 is 21.9 Å². The van der Waals surface area contributed by atoms with Crippen LogP contribution in [0.5, 0.6) is 5.75 Å². The summed E-state index contributed by atoms with van der Waals surface area (Å²) in [7, 11) is -4.18. The van der Waals surface area contributed by atoms with Crippen LogP contribution in [0.4, 0.5) is 0 Å². The van der Waals surface area contributed by atoms with Gasteiger partial charge in [-0.25, -0.2) is 0 Å². The van der Waals surface area contributed by atoms with E-state index in [9.17, 15) is 8.42 Å². The Hall–Kier alpha value is -0.800. The van der Waals surface area contributed by atoms with Crippen molar-refractivity contribution < 1.29 is 27.2 Å². The maximum Gasteiger partial charge on any atom is 0.294 e. The molecule has 0 amide bonds. The largest absolute Gasteiger partial charge is 0.491 e. The lowest BCUT2D eigenvalue weighted by Crippen LogP contribution is -2.48. The molecule has 1 aromatic carbocycles. The molecule has 0 spiro atoms. The van der Waals surface area contributed by atoms with Gasteiger partial charge in [0.1, 0.15) is 18.5 Å². The lowest BCUT2D eigenvalue weighted by atomic mass is 10.1. The van der Waals surface area contributed by atoms with Crippen molar-refractivity contribution in [3.63, 3.8) is 0 Å². The third kappa shape index (κ3) is 3.83. The third-order valence-corrected chi connectivity index (χ3v) is 6.32. The average Bonchev–Trinajstić information content (AvgIpc) is 2.79. The van der Waals surface area contributed by atoms with E-state index in [1.54, 1.807) is 0 Å². The fourth-order valence-electron chi connectivity index (χ4n) is 2.91. The predicted molar refractivity (Wildman–Crippen MR) is 86.7 cm³/mol. The number of rotatable bonds is 4. The Kier molecular flexibility index (Phi) is 4.89. The summed E-state index contributed by atoms with van der Waals surface area (Å²) in [6.45, 7) is 5.12. The number of benzene rings is 1. The van der Waals surface area contributed by atoms with Gasteiger partial charge in [-0.3, -0.25) is 4.55 Å². The molecule has 0 aliphatic carbocycles. The molecule has 5 atom stereocenters. The highest BCUT2D eigenvalue weighted by Gasteiger charge is 2.45. The van der Waals surface area contributed by atoms with Crippen LogP contribution in [-0.2, 0) is 19.6 Å². The molecule has 128 valence electrons. The summed E-state index contributed by atoms with van der Waals surface area (Å²) in [5.41, 5.74) is 0. The number of thioether (sulfide) groups is 1. The van der Waals surface area contributed by atoms with Gasteiger partial charge in [0.05, 0.1) is 23.7 Å². The van der Waals surface area contributed by atoms with Gasteiger partial charge >= 0.3 is 0 Å². The fraction of sp³-hybridized carbons (Fsp3) is 0.600. The van der Waals surface area contributed by atoms with E-state index in [4.69, 9.17) is 18.8 Å². The number of ether oxygens (including phenoxy) is 3. The van der Waals surface area contributed by atoms with Crippen molar-refractivity contribution in [1.29, 1.82) is 0 Å². The standard InChI is InChI=1S/C15H20O6S2/c1-9-14-15(10(2)22-9)21-12(8-20-14)7-19-11-3-5-13(6-4-11)23(16,17)18/h3-6,9-10,12,14-15H,7-8H2,1-2H3,(H,16,17,18).